The van der Waals surface area contributed by atoms with Gasteiger partial charge in [-0.2, -0.15) is 0 Å². The highest BCUT2D eigenvalue weighted by molar-refractivity contribution is 5.92. The van der Waals surface area contributed by atoms with Crippen LogP contribution in [0, 0.1) is 0 Å². The highest BCUT2D eigenvalue weighted by Crippen LogP contribution is 2.15. The molecule has 0 heterocycles. The van der Waals surface area contributed by atoms with E-state index in [0.717, 1.165) is 18.4 Å². The zero-order chi connectivity index (χ0) is 19.8. The van der Waals surface area contributed by atoms with Crippen molar-refractivity contribution in [3.63, 3.8) is 0 Å². The van der Waals surface area contributed by atoms with Crippen molar-refractivity contribution in [1.82, 2.24) is 5.32 Å². The quantitative estimate of drug-likeness (QED) is 0.699. The molecular weight excluding hydrogens is 338 g/mol. The summed E-state index contributed by atoms with van der Waals surface area (Å²) in [6.45, 7) is 7.75. The summed E-state index contributed by atoms with van der Waals surface area (Å²) in [5.41, 5.74) is 2.85. The van der Waals surface area contributed by atoms with Gasteiger partial charge in [0.15, 0.2) is 6.10 Å². The maximum atomic E-state index is 12.3. The Bertz CT molecular complexity index is 738. The van der Waals surface area contributed by atoms with Gasteiger partial charge in [0.1, 0.15) is 0 Å². The van der Waals surface area contributed by atoms with Gasteiger partial charge in [0, 0.05) is 6.04 Å². The molecule has 0 aliphatic heterocycles. The molecule has 0 saturated carbocycles. The zero-order valence-corrected chi connectivity index (χ0v) is 16.6. The van der Waals surface area contributed by atoms with Crippen molar-refractivity contribution in [1.29, 1.82) is 0 Å². The first-order chi connectivity index (χ1) is 12.9. The largest absolute Gasteiger partial charge is 0.449 e. The van der Waals surface area contributed by atoms with E-state index in [-0.39, 0.29) is 11.9 Å². The summed E-state index contributed by atoms with van der Waals surface area (Å²) in [6, 6.07) is 17.5. The average Bonchev–Trinajstić information content (AvgIpc) is 2.67. The van der Waals surface area contributed by atoms with Crippen LogP contribution in [0.25, 0.3) is 0 Å². The van der Waals surface area contributed by atoms with Gasteiger partial charge in [0.25, 0.3) is 5.91 Å². The van der Waals surface area contributed by atoms with E-state index in [9.17, 15) is 9.59 Å². The normalized spacial score (nSPS) is 13.1. The summed E-state index contributed by atoms with van der Waals surface area (Å²) in [5.74, 6) is -0.357. The second-order valence-electron chi connectivity index (χ2n) is 7.26. The van der Waals surface area contributed by atoms with Gasteiger partial charge in [-0.05, 0) is 55.9 Å². The van der Waals surface area contributed by atoms with Crippen LogP contribution in [0.1, 0.15) is 61.5 Å². The lowest BCUT2D eigenvalue weighted by atomic mass is 10.0. The van der Waals surface area contributed by atoms with Crippen molar-refractivity contribution in [2.45, 2.75) is 58.6 Å². The predicted molar refractivity (Wildman–Crippen MR) is 108 cm³/mol. The third kappa shape index (κ3) is 6.55. The second-order valence-corrected chi connectivity index (χ2v) is 7.26. The molecule has 0 fully saturated rings. The highest BCUT2D eigenvalue weighted by atomic mass is 16.5. The smallest absolute Gasteiger partial charge is 0.338 e. The van der Waals surface area contributed by atoms with E-state index in [0.29, 0.717) is 11.5 Å². The fourth-order valence-corrected chi connectivity index (χ4v) is 2.75. The molecule has 0 aliphatic rings. The zero-order valence-electron chi connectivity index (χ0n) is 16.6. The van der Waals surface area contributed by atoms with Crippen LogP contribution in [-0.2, 0) is 16.0 Å². The molecule has 0 aromatic heterocycles. The van der Waals surface area contributed by atoms with Gasteiger partial charge >= 0.3 is 5.97 Å². The maximum Gasteiger partial charge on any atom is 0.338 e. The van der Waals surface area contributed by atoms with Gasteiger partial charge < -0.3 is 10.1 Å². The number of hydrogen-bond donors (Lipinski definition) is 1. The topological polar surface area (TPSA) is 55.4 Å². The minimum Gasteiger partial charge on any atom is -0.449 e. The molecule has 1 N–H and O–H groups in total. The van der Waals surface area contributed by atoms with Crippen molar-refractivity contribution < 1.29 is 14.3 Å². The van der Waals surface area contributed by atoms with Crippen LogP contribution in [0.15, 0.2) is 54.6 Å². The third-order valence-electron chi connectivity index (χ3n) is 4.56. The molecule has 2 aromatic carbocycles. The Morgan fingerprint density at radius 1 is 0.926 bits per heavy atom. The number of ether oxygens (including phenoxy) is 1. The number of benzene rings is 2. The van der Waals surface area contributed by atoms with Gasteiger partial charge in [-0.3, -0.25) is 4.79 Å². The summed E-state index contributed by atoms with van der Waals surface area (Å²) in [4.78, 5) is 24.5. The van der Waals surface area contributed by atoms with E-state index in [1.54, 1.807) is 19.1 Å². The lowest BCUT2D eigenvalue weighted by molar-refractivity contribution is -0.129. The molecule has 2 atom stereocenters. The first kappa shape index (κ1) is 20.7. The number of nitrogens with one attached hydrogen (secondary N) is 1. The maximum absolute atomic E-state index is 12.3. The number of carbonyl (C=O) groups is 2. The van der Waals surface area contributed by atoms with Crippen molar-refractivity contribution in [2.75, 3.05) is 0 Å². The predicted octanol–water partition coefficient (Wildman–Crippen LogP) is 4.49. The summed E-state index contributed by atoms with van der Waals surface area (Å²) in [7, 11) is 0. The number of amides is 1. The number of rotatable bonds is 8. The summed E-state index contributed by atoms with van der Waals surface area (Å²) in [5, 5.41) is 2.91. The molecule has 0 saturated heterocycles. The number of esters is 1. The molecule has 144 valence electrons. The van der Waals surface area contributed by atoms with Gasteiger partial charge in [-0.1, -0.05) is 56.3 Å². The SMILES string of the molecule is CC(C)c1ccc(C(=O)O[C@H](C)C(=O)N[C@@H](C)CCc2ccccc2)cc1. The van der Waals surface area contributed by atoms with Crippen LogP contribution in [0.3, 0.4) is 0 Å². The minimum absolute atomic E-state index is 0.00387. The molecule has 0 spiro atoms. The van der Waals surface area contributed by atoms with E-state index in [4.69, 9.17) is 4.74 Å². The van der Waals surface area contributed by atoms with Crippen LogP contribution in [0.4, 0.5) is 0 Å². The molecule has 2 aromatic rings. The first-order valence-electron chi connectivity index (χ1n) is 9.52. The van der Waals surface area contributed by atoms with Gasteiger partial charge in [0.2, 0.25) is 0 Å². The molecule has 27 heavy (non-hydrogen) atoms. The highest BCUT2D eigenvalue weighted by Gasteiger charge is 2.20. The molecule has 4 heteroatoms. The Morgan fingerprint density at radius 3 is 2.15 bits per heavy atom. The van der Waals surface area contributed by atoms with E-state index in [1.165, 1.54) is 5.56 Å². The van der Waals surface area contributed by atoms with Crippen molar-refractivity contribution in [2.24, 2.45) is 0 Å². The Balaban J connectivity index is 1.80. The molecule has 0 radical (unpaired) electrons. The van der Waals surface area contributed by atoms with Crippen molar-refractivity contribution in [3.8, 4) is 0 Å². The van der Waals surface area contributed by atoms with E-state index < -0.39 is 12.1 Å². The first-order valence-corrected chi connectivity index (χ1v) is 9.52. The molecular formula is C23H29NO3. The van der Waals surface area contributed by atoms with Crippen molar-refractivity contribution >= 4 is 11.9 Å². The third-order valence-corrected chi connectivity index (χ3v) is 4.56. The van der Waals surface area contributed by atoms with Gasteiger partial charge in [0.05, 0.1) is 5.56 Å². The standard InChI is InChI=1S/C23H29NO3/c1-16(2)20-12-14-21(15-13-20)23(26)27-18(4)22(25)24-17(3)10-11-19-8-6-5-7-9-19/h5-9,12-18H,10-11H2,1-4H3,(H,24,25)/t17-,18+/m0/s1. The van der Waals surface area contributed by atoms with Crippen LogP contribution in [-0.4, -0.2) is 24.0 Å². The summed E-state index contributed by atoms with van der Waals surface area (Å²) in [6.07, 6.45) is 0.882. The van der Waals surface area contributed by atoms with Crippen LogP contribution < -0.4 is 5.32 Å². The Kier molecular flexibility index (Phi) is 7.59. The van der Waals surface area contributed by atoms with Gasteiger partial charge in [-0.25, -0.2) is 4.79 Å². The lowest BCUT2D eigenvalue weighted by Crippen LogP contribution is -2.41. The van der Waals surface area contributed by atoms with Crippen molar-refractivity contribution in [3.05, 3.63) is 71.3 Å². The number of hydrogen-bond acceptors (Lipinski definition) is 3. The summed E-state index contributed by atoms with van der Waals surface area (Å²) < 4.78 is 5.31. The van der Waals surface area contributed by atoms with Crippen LogP contribution >= 0.6 is 0 Å². The molecule has 0 bridgehead atoms. The Hall–Kier alpha value is -2.62. The van der Waals surface area contributed by atoms with Gasteiger partial charge in [-0.15, -0.1) is 0 Å². The van der Waals surface area contributed by atoms with E-state index in [1.807, 2.05) is 37.3 Å². The molecule has 0 unspecified atom stereocenters. The van der Waals surface area contributed by atoms with Crippen LogP contribution in [0.2, 0.25) is 0 Å². The Labute approximate surface area is 161 Å². The van der Waals surface area contributed by atoms with E-state index in [2.05, 4.69) is 31.3 Å². The second kappa shape index (κ2) is 9.91. The number of aryl methyl sites for hydroxylation is 1. The average molecular weight is 367 g/mol. The Morgan fingerprint density at radius 2 is 1.56 bits per heavy atom. The summed E-state index contributed by atoms with van der Waals surface area (Å²) >= 11 is 0. The van der Waals surface area contributed by atoms with Crippen LogP contribution in [0.5, 0.6) is 0 Å². The monoisotopic (exact) mass is 367 g/mol. The molecule has 1 amide bonds. The molecule has 4 nitrogen and oxygen atoms in total. The fourth-order valence-electron chi connectivity index (χ4n) is 2.75. The molecule has 2 rings (SSSR count). The molecule has 0 aliphatic carbocycles. The van der Waals surface area contributed by atoms with E-state index >= 15 is 0 Å². The lowest BCUT2D eigenvalue weighted by Gasteiger charge is -2.18. The fraction of sp³-hybridized carbons (Fsp3) is 0.391. The number of carbonyl (C=O) groups excluding carboxylic acids is 2. The minimum atomic E-state index is -0.832.